The van der Waals surface area contributed by atoms with Gasteiger partial charge in [-0.15, -0.1) is 0 Å². The number of benzene rings is 1. The molecule has 2 rings (SSSR count). The Morgan fingerprint density at radius 1 is 0.947 bits per heavy atom. The van der Waals surface area contributed by atoms with Gasteiger partial charge in [-0.1, -0.05) is 0 Å². The minimum Gasteiger partial charge on any atom is -0.493 e. The van der Waals surface area contributed by atoms with Crippen LogP contribution in [0.2, 0.25) is 0 Å². The van der Waals surface area contributed by atoms with Gasteiger partial charge >= 0.3 is 0 Å². The summed E-state index contributed by atoms with van der Waals surface area (Å²) in [5.41, 5.74) is -1.15. The van der Waals surface area contributed by atoms with Crippen molar-refractivity contribution in [1.29, 1.82) is 0 Å². The lowest BCUT2D eigenvalue weighted by atomic mass is 10.0. The first-order chi connectivity index (χ1) is 8.97. The van der Waals surface area contributed by atoms with Gasteiger partial charge in [0.2, 0.25) is 5.88 Å². The van der Waals surface area contributed by atoms with Crippen LogP contribution >= 0.6 is 0 Å². The summed E-state index contributed by atoms with van der Waals surface area (Å²) < 4.78 is 52.2. The molecule has 0 aliphatic rings. The van der Waals surface area contributed by atoms with Crippen molar-refractivity contribution in [2.45, 2.75) is 12.6 Å². The second-order valence-corrected chi connectivity index (χ2v) is 3.78. The van der Waals surface area contributed by atoms with Crippen molar-refractivity contribution in [2.24, 2.45) is 0 Å². The molecule has 0 amide bonds. The molecule has 100 valence electrons. The molecule has 0 aliphatic heterocycles. The summed E-state index contributed by atoms with van der Waals surface area (Å²) in [5.74, 6) is -1.42. The third-order valence-electron chi connectivity index (χ3n) is 2.42. The van der Waals surface area contributed by atoms with Crippen LogP contribution in [0.4, 0.5) is 17.6 Å². The van der Waals surface area contributed by atoms with Gasteiger partial charge in [-0.2, -0.15) is 0 Å². The maximum Gasteiger partial charge on any atom is 0.263 e. The van der Waals surface area contributed by atoms with Gasteiger partial charge in [-0.3, -0.25) is 0 Å². The molecule has 1 unspecified atom stereocenters. The SMILES string of the molecule is Oc1cc(C(F)c2cc(F)cc(C(F)F)c2)ncn1. The Kier molecular flexibility index (Phi) is 3.64. The number of rotatable bonds is 3. The maximum absolute atomic E-state index is 14.1. The van der Waals surface area contributed by atoms with Crippen molar-refractivity contribution < 1.29 is 22.7 Å². The van der Waals surface area contributed by atoms with E-state index in [9.17, 15) is 17.6 Å². The molecule has 19 heavy (non-hydrogen) atoms. The molecular formula is C12H8F4N2O. The monoisotopic (exact) mass is 272 g/mol. The Balaban J connectivity index is 2.41. The van der Waals surface area contributed by atoms with Crippen molar-refractivity contribution in [1.82, 2.24) is 9.97 Å². The van der Waals surface area contributed by atoms with Crippen molar-refractivity contribution >= 4 is 0 Å². The summed E-state index contributed by atoms with van der Waals surface area (Å²) >= 11 is 0. The molecule has 7 heteroatoms. The third-order valence-corrected chi connectivity index (χ3v) is 2.42. The summed E-state index contributed by atoms with van der Waals surface area (Å²) in [7, 11) is 0. The molecule has 1 aromatic carbocycles. The highest BCUT2D eigenvalue weighted by Gasteiger charge is 2.19. The van der Waals surface area contributed by atoms with E-state index >= 15 is 0 Å². The Labute approximate surface area is 105 Å². The summed E-state index contributed by atoms with van der Waals surface area (Å²) in [6.45, 7) is 0. The number of alkyl halides is 3. The van der Waals surface area contributed by atoms with Gasteiger partial charge in [-0.05, 0) is 23.8 Å². The van der Waals surface area contributed by atoms with Crippen molar-refractivity contribution in [2.75, 3.05) is 0 Å². The summed E-state index contributed by atoms with van der Waals surface area (Å²) in [4.78, 5) is 6.93. The Morgan fingerprint density at radius 3 is 2.26 bits per heavy atom. The standard InChI is InChI=1S/C12H8F4N2O/c13-8-2-6(1-7(3-8)12(15)16)11(14)9-4-10(19)18-5-17-9/h1-5,11-12H,(H,17,18,19). The van der Waals surface area contributed by atoms with Crippen LogP contribution in [0, 0.1) is 5.82 Å². The van der Waals surface area contributed by atoms with E-state index in [0.717, 1.165) is 24.5 Å². The van der Waals surface area contributed by atoms with Gasteiger partial charge in [0.1, 0.15) is 12.1 Å². The van der Waals surface area contributed by atoms with E-state index in [4.69, 9.17) is 5.11 Å². The van der Waals surface area contributed by atoms with Gasteiger partial charge in [0, 0.05) is 11.6 Å². The van der Waals surface area contributed by atoms with Gasteiger partial charge in [-0.25, -0.2) is 27.5 Å². The molecule has 0 spiro atoms. The molecule has 1 N–H and O–H groups in total. The van der Waals surface area contributed by atoms with Crippen LogP contribution < -0.4 is 0 Å². The van der Waals surface area contributed by atoms with E-state index in [1.165, 1.54) is 0 Å². The molecule has 1 aromatic heterocycles. The molecule has 0 aliphatic carbocycles. The lowest BCUT2D eigenvalue weighted by molar-refractivity contribution is 0.150. The first-order valence-electron chi connectivity index (χ1n) is 5.21. The number of hydrogen-bond acceptors (Lipinski definition) is 3. The predicted octanol–water partition coefficient (Wildman–Crippen LogP) is 3.32. The Hall–Kier alpha value is -2.18. The van der Waals surface area contributed by atoms with Crippen molar-refractivity contribution in [3.05, 3.63) is 53.2 Å². The molecule has 0 bridgehead atoms. The molecule has 0 saturated heterocycles. The van der Waals surface area contributed by atoms with Crippen LogP contribution in [-0.4, -0.2) is 15.1 Å². The fraction of sp³-hybridized carbons (Fsp3) is 0.167. The van der Waals surface area contributed by atoms with E-state index < -0.39 is 29.9 Å². The number of nitrogens with zero attached hydrogens (tertiary/aromatic N) is 2. The van der Waals surface area contributed by atoms with Gasteiger partial charge < -0.3 is 5.11 Å². The van der Waals surface area contributed by atoms with Gasteiger partial charge in [0.05, 0.1) is 5.69 Å². The van der Waals surface area contributed by atoms with Crippen molar-refractivity contribution in [3.63, 3.8) is 0 Å². The first kappa shape index (κ1) is 13.3. The van der Waals surface area contributed by atoms with Crippen LogP contribution in [0.15, 0.2) is 30.6 Å². The quantitative estimate of drug-likeness (QED) is 0.872. The molecule has 0 radical (unpaired) electrons. The van der Waals surface area contributed by atoms with E-state index in [0.29, 0.717) is 6.07 Å². The minimum absolute atomic E-state index is 0.238. The fourth-order valence-electron chi connectivity index (χ4n) is 1.58. The predicted molar refractivity (Wildman–Crippen MR) is 58.0 cm³/mol. The highest BCUT2D eigenvalue weighted by Crippen LogP contribution is 2.29. The average molecular weight is 272 g/mol. The lowest BCUT2D eigenvalue weighted by Crippen LogP contribution is -2.00. The molecular weight excluding hydrogens is 264 g/mol. The van der Waals surface area contributed by atoms with Crippen molar-refractivity contribution in [3.8, 4) is 5.88 Å². The topological polar surface area (TPSA) is 46.0 Å². The first-order valence-corrected chi connectivity index (χ1v) is 5.21. The zero-order chi connectivity index (χ0) is 14.0. The molecule has 0 saturated carbocycles. The van der Waals surface area contributed by atoms with E-state index in [2.05, 4.69) is 9.97 Å². The highest BCUT2D eigenvalue weighted by molar-refractivity contribution is 5.32. The average Bonchev–Trinajstić information content (AvgIpc) is 2.37. The van der Waals surface area contributed by atoms with Gasteiger partial charge in [0.15, 0.2) is 6.17 Å². The summed E-state index contributed by atoms with van der Waals surface area (Å²) in [5, 5.41) is 9.09. The molecule has 1 heterocycles. The number of aromatic hydroxyl groups is 1. The second-order valence-electron chi connectivity index (χ2n) is 3.78. The third kappa shape index (κ3) is 2.98. The van der Waals surface area contributed by atoms with E-state index in [1.807, 2.05) is 0 Å². The van der Waals surface area contributed by atoms with Crippen LogP contribution in [0.1, 0.15) is 29.4 Å². The largest absolute Gasteiger partial charge is 0.493 e. The number of aromatic nitrogens is 2. The van der Waals surface area contributed by atoms with E-state index in [1.54, 1.807) is 0 Å². The normalized spacial score (nSPS) is 12.7. The summed E-state index contributed by atoms with van der Waals surface area (Å²) in [6, 6.07) is 3.24. The van der Waals surface area contributed by atoms with Crippen LogP contribution in [0.25, 0.3) is 0 Å². The highest BCUT2D eigenvalue weighted by atomic mass is 19.3. The zero-order valence-electron chi connectivity index (χ0n) is 9.39. The molecule has 2 aromatic rings. The maximum atomic E-state index is 14.1. The minimum atomic E-state index is -2.90. The van der Waals surface area contributed by atoms with Crippen LogP contribution in [0.3, 0.4) is 0 Å². The van der Waals surface area contributed by atoms with E-state index in [-0.39, 0.29) is 11.3 Å². The number of hydrogen-bond donors (Lipinski definition) is 1. The molecule has 0 fully saturated rings. The van der Waals surface area contributed by atoms with Crippen LogP contribution in [0.5, 0.6) is 5.88 Å². The Morgan fingerprint density at radius 2 is 1.63 bits per heavy atom. The Bertz CT molecular complexity index is 592. The zero-order valence-corrected chi connectivity index (χ0v) is 9.39. The summed E-state index contributed by atoms with van der Waals surface area (Å²) in [6.07, 6.45) is -3.91. The van der Waals surface area contributed by atoms with Crippen LogP contribution in [-0.2, 0) is 0 Å². The van der Waals surface area contributed by atoms with Gasteiger partial charge in [0.25, 0.3) is 6.43 Å². The molecule has 1 atom stereocenters. The molecule has 3 nitrogen and oxygen atoms in total. The number of halogens is 4. The lowest BCUT2D eigenvalue weighted by Gasteiger charge is -2.10. The second kappa shape index (κ2) is 5.21. The smallest absolute Gasteiger partial charge is 0.263 e. The fourth-order valence-corrected chi connectivity index (χ4v) is 1.58.